The van der Waals surface area contributed by atoms with E-state index in [0.717, 1.165) is 11.3 Å². The first-order chi connectivity index (χ1) is 8.68. The van der Waals surface area contributed by atoms with Crippen LogP contribution < -0.4 is 11.5 Å². The average Bonchev–Trinajstić information content (AvgIpc) is 2.38. The molecular weight excluding hydrogens is 242 g/mol. The number of aryl methyl sites for hydroxylation is 1. The van der Waals surface area contributed by atoms with Gasteiger partial charge in [-0.25, -0.2) is 0 Å². The minimum absolute atomic E-state index is 0.0942. The Balaban J connectivity index is 2.03. The minimum atomic E-state index is -0.0942. The van der Waals surface area contributed by atoms with Gasteiger partial charge in [0.05, 0.1) is 0 Å². The van der Waals surface area contributed by atoms with Gasteiger partial charge in [-0.15, -0.1) is 11.8 Å². The third-order valence-electron chi connectivity index (χ3n) is 2.80. The van der Waals surface area contributed by atoms with Crippen molar-refractivity contribution in [3.8, 4) is 0 Å². The van der Waals surface area contributed by atoms with E-state index in [2.05, 4.69) is 24.0 Å². The van der Waals surface area contributed by atoms with Gasteiger partial charge in [-0.05, 0) is 24.6 Å². The van der Waals surface area contributed by atoms with Crippen LogP contribution in [0.25, 0.3) is 0 Å². The summed E-state index contributed by atoms with van der Waals surface area (Å²) in [6.07, 6.45) is 3.43. The zero-order chi connectivity index (χ0) is 13.0. The SMILES string of the molecule is Cc1ccccc1SCC(N)c1cnccc1N. The average molecular weight is 259 g/mol. The first-order valence-corrected chi connectivity index (χ1v) is 6.80. The van der Waals surface area contributed by atoms with Crippen molar-refractivity contribution in [2.75, 3.05) is 11.5 Å². The summed E-state index contributed by atoms with van der Waals surface area (Å²) in [6.45, 7) is 2.10. The second-order valence-corrected chi connectivity index (χ2v) is 5.25. The van der Waals surface area contributed by atoms with E-state index < -0.39 is 0 Å². The lowest BCUT2D eigenvalue weighted by molar-refractivity contribution is 0.827. The van der Waals surface area contributed by atoms with Crippen molar-refractivity contribution in [1.82, 2.24) is 4.98 Å². The fourth-order valence-electron chi connectivity index (χ4n) is 1.71. The highest BCUT2D eigenvalue weighted by atomic mass is 32.2. The molecule has 0 amide bonds. The van der Waals surface area contributed by atoms with Crippen LogP contribution in [0, 0.1) is 6.92 Å². The van der Waals surface area contributed by atoms with Crippen LogP contribution in [0.4, 0.5) is 5.69 Å². The second kappa shape index (κ2) is 5.89. The van der Waals surface area contributed by atoms with Crippen LogP contribution in [-0.4, -0.2) is 10.7 Å². The first kappa shape index (κ1) is 12.9. The number of anilines is 1. The van der Waals surface area contributed by atoms with E-state index in [1.165, 1.54) is 10.5 Å². The molecule has 3 nitrogen and oxygen atoms in total. The Kier molecular flexibility index (Phi) is 4.23. The lowest BCUT2D eigenvalue weighted by Crippen LogP contribution is -2.15. The van der Waals surface area contributed by atoms with Crippen LogP contribution in [0.2, 0.25) is 0 Å². The van der Waals surface area contributed by atoms with Gasteiger partial charge in [0.2, 0.25) is 0 Å². The van der Waals surface area contributed by atoms with Crippen molar-refractivity contribution in [3.63, 3.8) is 0 Å². The summed E-state index contributed by atoms with van der Waals surface area (Å²) >= 11 is 1.75. The summed E-state index contributed by atoms with van der Waals surface area (Å²) < 4.78 is 0. The minimum Gasteiger partial charge on any atom is -0.398 e. The van der Waals surface area contributed by atoms with Gasteiger partial charge in [0.25, 0.3) is 0 Å². The molecule has 0 spiro atoms. The Morgan fingerprint density at radius 3 is 2.78 bits per heavy atom. The monoisotopic (exact) mass is 259 g/mol. The van der Waals surface area contributed by atoms with Crippen LogP contribution >= 0.6 is 11.8 Å². The van der Waals surface area contributed by atoms with Crippen LogP contribution in [-0.2, 0) is 0 Å². The number of benzene rings is 1. The van der Waals surface area contributed by atoms with Gasteiger partial charge in [0.15, 0.2) is 0 Å². The van der Waals surface area contributed by atoms with E-state index in [-0.39, 0.29) is 6.04 Å². The molecule has 4 heteroatoms. The predicted molar refractivity (Wildman–Crippen MR) is 77.5 cm³/mol. The smallest absolute Gasteiger partial charge is 0.0426 e. The van der Waals surface area contributed by atoms with Crippen molar-refractivity contribution in [1.29, 1.82) is 0 Å². The number of nitrogens with zero attached hydrogens (tertiary/aromatic N) is 1. The van der Waals surface area contributed by atoms with Gasteiger partial charge in [-0.2, -0.15) is 0 Å². The summed E-state index contributed by atoms with van der Waals surface area (Å²) in [4.78, 5) is 5.33. The van der Waals surface area contributed by atoms with Crippen molar-refractivity contribution in [3.05, 3.63) is 53.9 Å². The van der Waals surface area contributed by atoms with Gasteiger partial charge in [0.1, 0.15) is 0 Å². The zero-order valence-electron chi connectivity index (χ0n) is 10.3. The van der Waals surface area contributed by atoms with Gasteiger partial charge < -0.3 is 11.5 Å². The molecule has 0 aliphatic carbocycles. The molecule has 1 heterocycles. The molecule has 0 radical (unpaired) electrons. The van der Waals surface area contributed by atoms with Crippen molar-refractivity contribution in [2.24, 2.45) is 5.73 Å². The van der Waals surface area contributed by atoms with Gasteiger partial charge in [-0.3, -0.25) is 4.98 Å². The number of hydrogen-bond donors (Lipinski definition) is 2. The third kappa shape index (κ3) is 3.03. The first-order valence-electron chi connectivity index (χ1n) is 5.82. The van der Waals surface area contributed by atoms with Gasteiger partial charge in [0, 0.05) is 40.3 Å². The molecule has 2 aromatic rings. The van der Waals surface area contributed by atoms with E-state index >= 15 is 0 Å². The number of aromatic nitrogens is 1. The van der Waals surface area contributed by atoms with E-state index in [1.807, 2.05) is 12.1 Å². The Morgan fingerprint density at radius 1 is 1.28 bits per heavy atom. The number of pyridine rings is 1. The quantitative estimate of drug-likeness (QED) is 0.829. The predicted octanol–water partition coefficient (Wildman–Crippen LogP) is 2.76. The molecule has 1 unspecified atom stereocenters. The third-order valence-corrected chi connectivity index (χ3v) is 4.09. The number of nitrogen functional groups attached to an aromatic ring is 1. The van der Waals surface area contributed by atoms with Crippen molar-refractivity contribution in [2.45, 2.75) is 17.9 Å². The number of nitrogens with two attached hydrogens (primary N) is 2. The molecule has 18 heavy (non-hydrogen) atoms. The highest BCUT2D eigenvalue weighted by molar-refractivity contribution is 7.99. The number of rotatable bonds is 4. The van der Waals surface area contributed by atoms with Crippen LogP contribution in [0.3, 0.4) is 0 Å². The molecule has 0 aliphatic rings. The number of thioether (sulfide) groups is 1. The van der Waals surface area contributed by atoms with Crippen LogP contribution in [0.5, 0.6) is 0 Å². The maximum absolute atomic E-state index is 6.15. The van der Waals surface area contributed by atoms with Gasteiger partial charge >= 0.3 is 0 Å². The summed E-state index contributed by atoms with van der Waals surface area (Å²) in [5, 5.41) is 0. The Hall–Kier alpha value is -1.52. The molecule has 1 aromatic carbocycles. The summed E-state index contributed by atoms with van der Waals surface area (Å²) in [7, 11) is 0. The van der Waals surface area contributed by atoms with Gasteiger partial charge in [-0.1, -0.05) is 18.2 Å². The molecule has 1 aromatic heterocycles. The van der Waals surface area contributed by atoms with E-state index in [9.17, 15) is 0 Å². The van der Waals surface area contributed by atoms with Crippen molar-refractivity contribution >= 4 is 17.4 Å². The molecule has 0 fully saturated rings. The Labute approximate surface area is 112 Å². The molecule has 4 N–H and O–H groups in total. The topological polar surface area (TPSA) is 64.9 Å². The number of hydrogen-bond acceptors (Lipinski definition) is 4. The largest absolute Gasteiger partial charge is 0.398 e. The fourth-order valence-corrected chi connectivity index (χ4v) is 2.72. The highest BCUT2D eigenvalue weighted by Gasteiger charge is 2.10. The molecule has 1 atom stereocenters. The lowest BCUT2D eigenvalue weighted by atomic mass is 10.1. The Bertz CT molecular complexity index is 528. The summed E-state index contributed by atoms with van der Waals surface area (Å²) in [5.41, 5.74) is 14.9. The molecular formula is C14H17N3S. The Morgan fingerprint density at radius 2 is 2.06 bits per heavy atom. The zero-order valence-corrected chi connectivity index (χ0v) is 11.2. The standard InChI is InChI=1S/C14H17N3S/c1-10-4-2-3-5-14(10)18-9-13(16)11-8-17-7-6-12(11)15/h2-8,13H,9,16H2,1H3,(H2,15,17). The second-order valence-electron chi connectivity index (χ2n) is 4.19. The molecule has 2 rings (SSSR count). The fraction of sp³-hybridized carbons (Fsp3) is 0.214. The van der Waals surface area contributed by atoms with Crippen LogP contribution in [0.1, 0.15) is 17.2 Å². The highest BCUT2D eigenvalue weighted by Crippen LogP contribution is 2.27. The van der Waals surface area contributed by atoms with E-state index in [4.69, 9.17) is 11.5 Å². The maximum Gasteiger partial charge on any atom is 0.0426 e. The molecule has 0 saturated heterocycles. The molecule has 0 aliphatic heterocycles. The summed E-state index contributed by atoms with van der Waals surface area (Å²) in [5.74, 6) is 0.792. The normalized spacial score (nSPS) is 12.3. The molecule has 0 saturated carbocycles. The lowest BCUT2D eigenvalue weighted by Gasteiger charge is -2.14. The molecule has 0 bridgehead atoms. The van der Waals surface area contributed by atoms with Crippen LogP contribution in [0.15, 0.2) is 47.6 Å². The maximum atomic E-state index is 6.15. The summed E-state index contributed by atoms with van der Waals surface area (Å²) in [6, 6.07) is 9.99. The molecule has 94 valence electrons. The van der Waals surface area contributed by atoms with E-state index in [0.29, 0.717) is 5.69 Å². The van der Waals surface area contributed by atoms with Crippen molar-refractivity contribution < 1.29 is 0 Å². The van der Waals surface area contributed by atoms with E-state index in [1.54, 1.807) is 30.2 Å².